The fraction of sp³-hybridized carbons (Fsp3) is 0.192. The highest BCUT2D eigenvalue weighted by molar-refractivity contribution is 7.98. The van der Waals surface area contributed by atoms with Crippen molar-refractivity contribution < 1.29 is 27.5 Å². The topological polar surface area (TPSA) is 114 Å². The lowest BCUT2D eigenvalue weighted by atomic mass is 10.2. The van der Waals surface area contributed by atoms with Crippen LogP contribution in [0.3, 0.4) is 0 Å². The van der Waals surface area contributed by atoms with Crippen molar-refractivity contribution in [2.75, 3.05) is 36.1 Å². The molecule has 0 fully saturated rings. The van der Waals surface area contributed by atoms with Crippen LogP contribution >= 0.6 is 35.0 Å². The van der Waals surface area contributed by atoms with Crippen LogP contribution in [0.15, 0.2) is 82.8 Å². The minimum absolute atomic E-state index is 0.00269. The molecule has 13 heteroatoms. The van der Waals surface area contributed by atoms with Gasteiger partial charge in [-0.1, -0.05) is 41.4 Å². The number of hydrogen-bond donors (Lipinski definition) is 1. The van der Waals surface area contributed by atoms with Gasteiger partial charge in [-0.2, -0.15) is 16.9 Å². The fourth-order valence-electron chi connectivity index (χ4n) is 3.09. The molecule has 0 saturated heterocycles. The molecule has 9 nitrogen and oxygen atoms in total. The summed E-state index contributed by atoms with van der Waals surface area (Å²) in [5, 5.41) is 4.29. The molecule has 0 saturated carbocycles. The van der Waals surface area contributed by atoms with Gasteiger partial charge in [-0.15, -0.1) is 0 Å². The predicted molar refractivity (Wildman–Crippen MR) is 154 cm³/mol. The third kappa shape index (κ3) is 9.17. The van der Waals surface area contributed by atoms with E-state index in [-0.39, 0.29) is 27.2 Å². The van der Waals surface area contributed by atoms with Gasteiger partial charge in [0, 0.05) is 5.75 Å². The molecule has 1 N–H and O–H groups in total. The molecule has 3 aromatic rings. The summed E-state index contributed by atoms with van der Waals surface area (Å²) in [6.07, 6.45) is 3.30. The van der Waals surface area contributed by atoms with Crippen LogP contribution in [0.1, 0.15) is 5.56 Å². The molecule has 0 atom stereocenters. The number of nitrogens with zero attached hydrogens (tertiary/aromatic N) is 2. The average Bonchev–Trinajstić information content (AvgIpc) is 2.93. The van der Waals surface area contributed by atoms with Gasteiger partial charge in [-0.3, -0.25) is 9.10 Å². The van der Waals surface area contributed by atoms with Gasteiger partial charge in [-0.25, -0.2) is 18.6 Å². The smallest absolute Gasteiger partial charge is 0.344 e. The number of carbonyl (C=O) groups excluding carboxylic acids is 2. The number of thioether (sulfide) groups is 1. The molecule has 0 spiro atoms. The summed E-state index contributed by atoms with van der Waals surface area (Å²) in [6, 6.07) is 18.6. The maximum absolute atomic E-state index is 13.3. The SMILES string of the molecule is CSCCOC(=O)COc1ccc(/C=N/NC(=O)CN(c2ccc(Cl)c(Cl)c2)S(=O)(=O)c2ccccc2)cc1. The number of hydrazone groups is 1. The summed E-state index contributed by atoms with van der Waals surface area (Å²) in [5.74, 6) is 0.0342. The van der Waals surface area contributed by atoms with E-state index < -0.39 is 28.4 Å². The highest BCUT2D eigenvalue weighted by atomic mass is 35.5. The van der Waals surface area contributed by atoms with E-state index >= 15 is 0 Å². The number of sulfonamides is 1. The predicted octanol–water partition coefficient (Wildman–Crippen LogP) is 4.62. The van der Waals surface area contributed by atoms with Crippen molar-refractivity contribution in [2.24, 2.45) is 5.10 Å². The number of benzene rings is 3. The molecule has 0 aromatic heterocycles. The first-order chi connectivity index (χ1) is 18.7. The highest BCUT2D eigenvalue weighted by Gasteiger charge is 2.27. The van der Waals surface area contributed by atoms with Crippen LogP contribution in [0.4, 0.5) is 5.69 Å². The van der Waals surface area contributed by atoms with Crippen LogP contribution in [-0.2, 0) is 24.3 Å². The van der Waals surface area contributed by atoms with Crippen LogP contribution in [-0.4, -0.2) is 58.3 Å². The number of amides is 1. The van der Waals surface area contributed by atoms with Gasteiger partial charge >= 0.3 is 5.97 Å². The fourth-order valence-corrected chi connectivity index (χ4v) is 5.07. The maximum Gasteiger partial charge on any atom is 0.344 e. The Hall–Kier alpha value is -3.25. The van der Waals surface area contributed by atoms with Crippen LogP contribution in [0.5, 0.6) is 5.75 Å². The Morgan fingerprint density at radius 2 is 1.74 bits per heavy atom. The van der Waals surface area contributed by atoms with Crippen molar-refractivity contribution in [3.05, 3.63) is 88.4 Å². The lowest BCUT2D eigenvalue weighted by molar-refractivity contribution is -0.145. The van der Waals surface area contributed by atoms with Gasteiger partial charge in [0.15, 0.2) is 6.61 Å². The molecule has 0 aliphatic rings. The number of nitrogens with one attached hydrogen (secondary N) is 1. The van der Waals surface area contributed by atoms with Crippen molar-refractivity contribution in [3.63, 3.8) is 0 Å². The summed E-state index contributed by atoms with van der Waals surface area (Å²) in [4.78, 5) is 24.3. The van der Waals surface area contributed by atoms with Crippen molar-refractivity contribution in [1.29, 1.82) is 0 Å². The van der Waals surface area contributed by atoms with Gasteiger partial charge in [0.05, 0.1) is 26.8 Å². The highest BCUT2D eigenvalue weighted by Crippen LogP contribution is 2.30. The molecule has 0 aliphatic carbocycles. The van der Waals surface area contributed by atoms with Crippen molar-refractivity contribution >= 4 is 68.8 Å². The molecule has 3 rings (SSSR count). The first-order valence-electron chi connectivity index (χ1n) is 11.4. The molecule has 39 heavy (non-hydrogen) atoms. The second-order valence-corrected chi connectivity index (χ2v) is 11.4. The van der Waals surface area contributed by atoms with E-state index in [1.54, 1.807) is 54.2 Å². The minimum Gasteiger partial charge on any atom is -0.482 e. The van der Waals surface area contributed by atoms with Gasteiger partial charge in [0.1, 0.15) is 18.9 Å². The van der Waals surface area contributed by atoms with E-state index in [1.807, 2.05) is 6.26 Å². The molecular weight excluding hydrogens is 585 g/mol. The van der Waals surface area contributed by atoms with E-state index in [1.165, 1.54) is 36.5 Å². The zero-order valence-corrected chi connectivity index (χ0v) is 23.9. The molecule has 0 bridgehead atoms. The Morgan fingerprint density at radius 3 is 2.41 bits per heavy atom. The minimum atomic E-state index is -4.11. The molecule has 0 heterocycles. The van der Waals surface area contributed by atoms with Gasteiger partial charge in [0.2, 0.25) is 0 Å². The molecule has 3 aromatic carbocycles. The zero-order chi connectivity index (χ0) is 28.3. The van der Waals surface area contributed by atoms with Crippen LogP contribution < -0.4 is 14.5 Å². The first kappa shape index (κ1) is 30.3. The molecule has 0 radical (unpaired) electrons. The Labute approximate surface area is 241 Å². The lowest BCUT2D eigenvalue weighted by Crippen LogP contribution is -2.39. The molecular formula is C26H25Cl2N3O6S2. The number of carbonyl (C=O) groups is 2. The second kappa shape index (κ2) is 14.8. The van der Waals surface area contributed by atoms with E-state index in [9.17, 15) is 18.0 Å². The summed E-state index contributed by atoms with van der Waals surface area (Å²) in [7, 11) is -4.11. The van der Waals surface area contributed by atoms with Gasteiger partial charge in [-0.05, 0) is 66.4 Å². The number of halogens is 2. The Balaban J connectivity index is 1.63. The summed E-state index contributed by atoms with van der Waals surface area (Å²) < 4.78 is 38.0. The van der Waals surface area contributed by atoms with Crippen LogP contribution in [0.25, 0.3) is 0 Å². The van der Waals surface area contributed by atoms with E-state index in [0.717, 1.165) is 4.31 Å². The molecule has 0 aliphatic heterocycles. The molecule has 0 unspecified atom stereocenters. The number of hydrogen-bond acceptors (Lipinski definition) is 8. The normalized spacial score (nSPS) is 11.3. The summed E-state index contributed by atoms with van der Waals surface area (Å²) in [6.45, 7) is -0.445. The first-order valence-corrected chi connectivity index (χ1v) is 15.0. The third-order valence-corrected chi connectivity index (χ3v) is 8.10. The largest absolute Gasteiger partial charge is 0.482 e. The summed E-state index contributed by atoms with van der Waals surface area (Å²) in [5.41, 5.74) is 3.12. The standard InChI is InChI=1S/C26H25Cl2N3O6S2/c1-38-14-13-36-26(33)18-37-21-10-7-19(8-11-21)16-29-30-25(32)17-31(20-9-12-23(27)24(28)15-20)39(34,35)22-5-3-2-4-6-22/h2-12,15-16H,13-14,17-18H2,1H3,(H,30,32)/b29-16+. The Bertz CT molecular complexity index is 1400. The lowest BCUT2D eigenvalue weighted by Gasteiger charge is -2.24. The van der Waals surface area contributed by atoms with Crippen molar-refractivity contribution in [2.45, 2.75) is 4.90 Å². The molecule has 206 valence electrons. The number of ether oxygens (including phenoxy) is 2. The number of anilines is 1. The Morgan fingerprint density at radius 1 is 1.03 bits per heavy atom. The van der Waals surface area contributed by atoms with E-state index in [4.69, 9.17) is 32.7 Å². The van der Waals surface area contributed by atoms with Crippen molar-refractivity contribution in [1.82, 2.24) is 5.43 Å². The zero-order valence-electron chi connectivity index (χ0n) is 20.8. The van der Waals surface area contributed by atoms with Crippen LogP contribution in [0, 0.1) is 0 Å². The quantitative estimate of drug-likeness (QED) is 0.130. The van der Waals surface area contributed by atoms with E-state index in [0.29, 0.717) is 23.7 Å². The van der Waals surface area contributed by atoms with Gasteiger partial charge < -0.3 is 9.47 Å². The van der Waals surface area contributed by atoms with Crippen LogP contribution in [0.2, 0.25) is 10.0 Å². The summed E-state index contributed by atoms with van der Waals surface area (Å²) >= 11 is 13.7. The number of esters is 1. The maximum atomic E-state index is 13.3. The molecule has 1 amide bonds. The van der Waals surface area contributed by atoms with E-state index in [2.05, 4.69) is 10.5 Å². The second-order valence-electron chi connectivity index (χ2n) is 7.79. The number of rotatable bonds is 13. The van der Waals surface area contributed by atoms with Crippen molar-refractivity contribution in [3.8, 4) is 5.75 Å². The Kier molecular flexibility index (Phi) is 11.5. The monoisotopic (exact) mass is 609 g/mol. The van der Waals surface area contributed by atoms with Gasteiger partial charge in [0.25, 0.3) is 15.9 Å². The average molecular weight is 611 g/mol. The third-order valence-electron chi connectivity index (χ3n) is 5.00.